The number of nitrogens with one attached hydrogen (secondary N) is 2. The predicted molar refractivity (Wildman–Crippen MR) is 75.9 cm³/mol. The zero-order chi connectivity index (χ0) is 13.1. The van der Waals surface area contributed by atoms with Gasteiger partial charge < -0.3 is 15.2 Å². The summed E-state index contributed by atoms with van der Waals surface area (Å²) in [5.74, 6) is 0.0168. The molecule has 2 N–H and O–H groups in total. The topological polar surface area (TPSA) is 46.1 Å². The molecule has 100 valence electrons. The molecule has 2 heterocycles. The van der Waals surface area contributed by atoms with E-state index in [4.69, 9.17) is 0 Å². The third-order valence-electron chi connectivity index (χ3n) is 3.24. The zero-order valence-electron chi connectivity index (χ0n) is 10.9. The molecule has 1 aliphatic heterocycles. The molecule has 1 aliphatic rings. The summed E-state index contributed by atoms with van der Waals surface area (Å²) in [6, 6.07) is 2.41. The van der Waals surface area contributed by atoms with Gasteiger partial charge in [-0.3, -0.25) is 4.79 Å². The van der Waals surface area contributed by atoms with Gasteiger partial charge >= 0.3 is 0 Å². The van der Waals surface area contributed by atoms with Gasteiger partial charge in [-0.15, -0.1) is 0 Å². The van der Waals surface area contributed by atoms with Crippen molar-refractivity contribution in [3.05, 3.63) is 22.4 Å². The first-order valence-electron chi connectivity index (χ1n) is 6.47. The van der Waals surface area contributed by atoms with Crippen LogP contribution in [0.15, 0.2) is 16.7 Å². The maximum Gasteiger partial charge on any atom is 0.268 e. The van der Waals surface area contributed by atoms with Gasteiger partial charge in [-0.1, -0.05) is 0 Å². The van der Waals surface area contributed by atoms with Crippen LogP contribution in [0.25, 0.3) is 0 Å². The van der Waals surface area contributed by atoms with Crippen molar-refractivity contribution in [1.82, 2.24) is 15.2 Å². The SMILES string of the molecule is CC(C)n1cc(Br)cc1C(=O)N[C@@H]1CCCNC1. The molecule has 0 radical (unpaired) electrons. The Hall–Kier alpha value is -0.810. The Kier molecular flexibility index (Phi) is 4.45. The Morgan fingerprint density at radius 3 is 3.00 bits per heavy atom. The molecule has 1 aromatic rings. The van der Waals surface area contributed by atoms with Crippen molar-refractivity contribution in [2.45, 2.75) is 38.8 Å². The van der Waals surface area contributed by atoms with E-state index in [0.717, 1.165) is 36.1 Å². The number of hydrogen-bond acceptors (Lipinski definition) is 2. The van der Waals surface area contributed by atoms with Gasteiger partial charge in [0.2, 0.25) is 0 Å². The minimum absolute atomic E-state index is 0.0168. The molecule has 1 atom stereocenters. The summed E-state index contributed by atoms with van der Waals surface area (Å²) in [5, 5.41) is 6.40. The second kappa shape index (κ2) is 5.89. The summed E-state index contributed by atoms with van der Waals surface area (Å²) < 4.78 is 2.94. The maximum atomic E-state index is 12.3. The molecule has 0 saturated carbocycles. The lowest BCUT2D eigenvalue weighted by Gasteiger charge is -2.24. The quantitative estimate of drug-likeness (QED) is 0.899. The van der Waals surface area contributed by atoms with Crippen LogP contribution in [0.5, 0.6) is 0 Å². The third-order valence-corrected chi connectivity index (χ3v) is 3.67. The van der Waals surface area contributed by atoms with Crippen molar-refractivity contribution in [3.63, 3.8) is 0 Å². The van der Waals surface area contributed by atoms with Crippen molar-refractivity contribution in [2.75, 3.05) is 13.1 Å². The lowest BCUT2D eigenvalue weighted by Crippen LogP contribution is -2.46. The third kappa shape index (κ3) is 3.14. The van der Waals surface area contributed by atoms with Gasteiger partial charge in [-0.25, -0.2) is 0 Å². The lowest BCUT2D eigenvalue weighted by molar-refractivity contribution is 0.0920. The molecule has 1 aromatic heterocycles. The highest BCUT2D eigenvalue weighted by molar-refractivity contribution is 9.10. The van der Waals surface area contributed by atoms with Crippen LogP contribution in [-0.4, -0.2) is 29.6 Å². The minimum atomic E-state index is 0.0168. The second-order valence-electron chi connectivity index (χ2n) is 5.06. The highest BCUT2D eigenvalue weighted by atomic mass is 79.9. The number of piperidine rings is 1. The zero-order valence-corrected chi connectivity index (χ0v) is 12.5. The fourth-order valence-corrected chi connectivity index (χ4v) is 2.73. The van der Waals surface area contributed by atoms with Gasteiger partial charge in [0.1, 0.15) is 5.69 Å². The van der Waals surface area contributed by atoms with E-state index in [1.165, 1.54) is 0 Å². The van der Waals surface area contributed by atoms with Gasteiger partial charge in [0.05, 0.1) is 0 Å². The molecule has 0 unspecified atom stereocenters. The number of carbonyl (C=O) groups excluding carboxylic acids is 1. The number of hydrogen-bond donors (Lipinski definition) is 2. The summed E-state index contributed by atoms with van der Waals surface area (Å²) in [4.78, 5) is 12.3. The normalized spacial score (nSPS) is 20.1. The van der Waals surface area contributed by atoms with Gasteiger partial charge in [-0.05, 0) is 55.2 Å². The number of aromatic nitrogens is 1. The Bertz CT molecular complexity index is 422. The van der Waals surface area contributed by atoms with Crippen LogP contribution in [0.3, 0.4) is 0 Å². The average Bonchev–Trinajstić information content (AvgIpc) is 2.73. The van der Waals surface area contributed by atoms with E-state index in [1.54, 1.807) is 0 Å². The Balaban J connectivity index is 2.08. The second-order valence-corrected chi connectivity index (χ2v) is 5.98. The van der Waals surface area contributed by atoms with Gasteiger partial charge in [0.15, 0.2) is 0 Å². The fraction of sp³-hybridized carbons (Fsp3) is 0.615. The molecule has 0 aromatic carbocycles. The molecule has 1 fully saturated rings. The van der Waals surface area contributed by atoms with Crippen molar-refractivity contribution >= 4 is 21.8 Å². The summed E-state index contributed by atoms with van der Waals surface area (Å²) in [7, 11) is 0. The molecule has 5 heteroatoms. The molecule has 0 aliphatic carbocycles. The van der Waals surface area contributed by atoms with Crippen LogP contribution in [0.1, 0.15) is 43.2 Å². The number of amides is 1. The van der Waals surface area contributed by atoms with E-state index >= 15 is 0 Å². The molecule has 0 spiro atoms. The van der Waals surface area contributed by atoms with Crippen molar-refractivity contribution in [1.29, 1.82) is 0 Å². The Morgan fingerprint density at radius 1 is 1.61 bits per heavy atom. The number of halogens is 1. The highest BCUT2D eigenvalue weighted by Gasteiger charge is 2.19. The lowest BCUT2D eigenvalue weighted by atomic mass is 10.1. The fourth-order valence-electron chi connectivity index (χ4n) is 2.29. The maximum absolute atomic E-state index is 12.3. The van der Waals surface area contributed by atoms with E-state index in [2.05, 4.69) is 40.4 Å². The van der Waals surface area contributed by atoms with E-state index < -0.39 is 0 Å². The molecule has 18 heavy (non-hydrogen) atoms. The van der Waals surface area contributed by atoms with Crippen LogP contribution in [0.4, 0.5) is 0 Å². The van der Waals surface area contributed by atoms with E-state index in [0.29, 0.717) is 0 Å². The molecular formula is C13H20BrN3O. The van der Waals surface area contributed by atoms with E-state index in [1.807, 2.05) is 16.8 Å². The molecule has 0 bridgehead atoms. The van der Waals surface area contributed by atoms with Crippen LogP contribution in [0.2, 0.25) is 0 Å². The van der Waals surface area contributed by atoms with Crippen molar-refractivity contribution in [3.8, 4) is 0 Å². The summed E-state index contributed by atoms with van der Waals surface area (Å²) in [6.45, 7) is 6.08. The number of rotatable bonds is 3. The standard InChI is InChI=1S/C13H20BrN3O/c1-9(2)17-8-10(14)6-12(17)13(18)16-11-4-3-5-15-7-11/h6,8-9,11,15H,3-5,7H2,1-2H3,(H,16,18)/t11-/m1/s1. The predicted octanol–water partition coefficient (Wildman–Crippen LogP) is 2.31. The van der Waals surface area contributed by atoms with Gasteiger partial charge in [0, 0.05) is 29.3 Å². The van der Waals surface area contributed by atoms with Crippen molar-refractivity contribution in [2.24, 2.45) is 0 Å². The Labute approximate surface area is 116 Å². The molecule has 2 rings (SSSR count). The van der Waals surface area contributed by atoms with Gasteiger partial charge in [-0.2, -0.15) is 0 Å². The first-order chi connectivity index (χ1) is 8.58. The average molecular weight is 314 g/mol. The number of carbonyl (C=O) groups is 1. The first kappa shape index (κ1) is 13.6. The summed E-state index contributed by atoms with van der Waals surface area (Å²) in [5.41, 5.74) is 0.724. The molecule has 1 amide bonds. The van der Waals surface area contributed by atoms with Gasteiger partial charge in [0.25, 0.3) is 5.91 Å². The van der Waals surface area contributed by atoms with Crippen LogP contribution >= 0.6 is 15.9 Å². The summed E-state index contributed by atoms with van der Waals surface area (Å²) >= 11 is 3.43. The number of nitrogens with zero attached hydrogens (tertiary/aromatic N) is 1. The van der Waals surface area contributed by atoms with Crippen LogP contribution < -0.4 is 10.6 Å². The molecule has 1 saturated heterocycles. The van der Waals surface area contributed by atoms with Crippen LogP contribution in [-0.2, 0) is 0 Å². The minimum Gasteiger partial charge on any atom is -0.347 e. The molecule has 4 nitrogen and oxygen atoms in total. The Morgan fingerprint density at radius 2 is 2.39 bits per heavy atom. The van der Waals surface area contributed by atoms with Crippen LogP contribution in [0, 0.1) is 0 Å². The molecular weight excluding hydrogens is 294 g/mol. The highest BCUT2D eigenvalue weighted by Crippen LogP contribution is 2.19. The van der Waals surface area contributed by atoms with Crippen molar-refractivity contribution < 1.29 is 4.79 Å². The first-order valence-corrected chi connectivity index (χ1v) is 7.26. The van der Waals surface area contributed by atoms with E-state index in [-0.39, 0.29) is 18.0 Å². The smallest absolute Gasteiger partial charge is 0.268 e. The van der Waals surface area contributed by atoms with E-state index in [9.17, 15) is 4.79 Å². The monoisotopic (exact) mass is 313 g/mol. The summed E-state index contributed by atoms with van der Waals surface area (Å²) in [6.07, 6.45) is 4.14. The largest absolute Gasteiger partial charge is 0.347 e.